The quantitative estimate of drug-likeness (QED) is 0.0316. The molecule has 0 aliphatic rings. The first-order chi connectivity index (χ1) is 21.1. The summed E-state index contributed by atoms with van der Waals surface area (Å²) in [6.07, 6.45) is 28.7. The van der Waals surface area contributed by atoms with Crippen molar-refractivity contribution in [2.75, 3.05) is 26.4 Å². The van der Waals surface area contributed by atoms with Crippen LogP contribution in [0.2, 0.25) is 0 Å². The number of hydrogen-bond donors (Lipinski definition) is 4. The molecule has 0 radical (unpaired) electrons. The largest absolute Gasteiger partial charge is 0.394 e. The summed E-state index contributed by atoms with van der Waals surface area (Å²) in [7, 11) is 0. The van der Waals surface area contributed by atoms with E-state index >= 15 is 0 Å². The first kappa shape index (κ1) is 42.7. The Bertz CT molecular complexity index is 478. The Morgan fingerprint density at radius 3 is 1.19 bits per heavy atom. The summed E-state index contributed by atoms with van der Waals surface area (Å²) >= 11 is 0. The summed E-state index contributed by atoms with van der Waals surface area (Å²) in [5.74, 6) is 0. The van der Waals surface area contributed by atoms with Crippen LogP contribution in [-0.4, -0.2) is 71.3 Å². The summed E-state index contributed by atoms with van der Waals surface area (Å²) in [5, 5.41) is 38.5. The molecule has 0 saturated carbocycles. The molecular formula is C36H74O7. The monoisotopic (exact) mass is 619 g/mol. The fourth-order valence-electron chi connectivity index (χ4n) is 5.70. The molecule has 0 saturated heterocycles. The number of rotatable bonds is 36. The van der Waals surface area contributed by atoms with Crippen LogP contribution in [0.25, 0.3) is 0 Å². The smallest absolute Gasteiger partial charge is 0.106 e. The van der Waals surface area contributed by atoms with Gasteiger partial charge in [0.05, 0.1) is 44.2 Å². The van der Waals surface area contributed by atoms with Crippen molar-refractivity contribution < 1.29 is 34.9 Å². The third-order valence-corrected chi connectivity index (χ3v) is 8.48. The van der Waals surface area contributed by atoms with E-state index in [1.807, 2.05) is 0 Å². The zero-order valence-corrected chi connectivity index (χ0v) is 28.5. The van der Waals surface area contributed by atoms with Crippen molar-refractivity contribution >= 4 is 0 Å². The molecule has 0 aromatic carbocycles. The zero-order valence-electron chi connectivity index (χ0n) is 28.5. The van der Waals surface area contributed by atoms with Gasteiger partial charge in [0.2, 0.25) is 0 Å². The molecule has 0 spiro atoms. The second kappa shape index (κ2) is 34.6. The predicted octanol–water partition coefficient (Wildman–Crippen LogP) is 8.58. The topological polar surface area (TPSA) is 109 Å². The van der Waals surface area contributed by atoms with Gasteiger partial charge in [0.25, 0.3) is 0 Å². The lowest BCUT2D eigenvalue weighted by atomic mass is 10.0. The van der Waals surface area contributed by atoms with Gasteiger partial charge < -0.3 is 25.2 Å². The summed E-state index contributed by atoms with van der Waals surface area (Å²) in [6, 6.07) is 0. The lowest BCUT2D eigenvalue weighted by Gasteiger charge is -2.21. The van der Waals surface area contributed by atoms with Crippen LogP contribution in [-0.2, 0) is 14.5 Å². The number of ether oxygens (including phenoxy) is 1. The maximum atomic E-state index is 9.96. The Kier molecular flexibility index (Phi) is 34.4. The van der Waals surface area contributed by atoms with Gasteiger partial charge in [-0.2, -0.15) is 0 Å². The van der Waals surface area contributed by atoms with E-state index < -0.39 is 12.2 Å². The highest BCUT2D eigenvalue weighted by Gasteiger charge is 2.17. The molecule has 0 rings (SSSR count). The summed E-state index contributed by atoms with van der Waals surface area (Å²) in [4.78, 5) is 11.1. The Morgan fingerprint density at radius 2 is 0.791 bits per heavy atom. The second-order valence-electron chi connectivity index (χ2n) is 12.8. The Balaban J connectivity index is 4.10. The molecule has 0 heterocycles. The van der Waals surface area contributed by atoms with Gasteiger partial charge in [-0.15, -0.1) is 0 Å². The van der Waals surface area contributed by atoms with E-state index in [2.05, 4.69) is 13.8 Å². The maximum Gasteiger partial charge on any atom is 0.106 e. The zero-order chi connectivity index (χ0) is 31.6. The maximum absolute atomic E-state index is 9.96. The summed E-state index contributed by atoms with van der Waals surface area (Å²) in [6.45, 7) is 4.57. The van der Waals surface area contributed by atoms with Crippen molar-refractivity contribution in [1.82, 2.24) is 0 Å². The van der Waals surface area contributed by atoms with Crippen LogP contribution in [0.4, 0.5) is 0 Å². The van der Waals surface area contributed by atoms with Gasteiger partial charge in [-0.05, 0) is 12.8 Å². The molecule has 4 N–H and O–H groups in total. The molecule has 0 aromatic rings. The molecule has 0 bridgehead atoms. The van der Waals surface area contributed by atoms with Crippen LogP contribution in [0, 0.1) is 0 Å². The van der Waals surface area contributed by atoms with Crippen molar-refractivity contribution in [3.05, 3.63) is 0 Å². The minimum absolute atomic E-state index is 0.118. The van der Waals surface area contributed by atoms with E-state index in [1.165, 1.54) is 122 Å². The summed E-state index contributed by atoms with van der Waals surface area (Å²) < 4.78 is 6.00. The molecule has 4 atom stereocenters. The van der Waals surface area contributed by atoms with Crippen LogP contribution in [0.5, 0.6) is 0 Å². The van der Waals surface area contributed by atoms with E-state index in [0.717, 1.165) is 32.1 Å². The third-order valence-electron chi connectivity index (χ3n) is 8.48. The number of hydrogen-bond acceptors (Lipinski definition) is 7. The minimum Gasteiger partial charge on any atom is -0.394 e. The average molecular weight is 619 g/mol. The molecule has 0 aromatic heterocycles. The highest BCUT2D eigenvalue weighted by atomic mass is 17.2. The number of aliphatic hydroxyl groups is 4. The van der Waals surface area contributed by atoms with Gasteiger partial charge in [-0.1, -0.05) is 155 Å². The van der Waals surface area contributed by atoms with Crippen LogP contribution in [0.3, 0.4) is 0 Å². The first-order valence-electron chi connectivity index (χ1n) is 18.5. The van der Waals surface area contributed by atoms with Gasteiger partial charge >= 0.3 is 0 Å². The van der Waals surface area contributed by atoms with Crippen molar-refractivity contribution in [1.29, 1.82) is 0 Å². The van der Waals surface area contributed by atoms with Crippen LogP contribution < -0.4 is 0 Å². The van der Waals surface area contributed by atoms with Gasteiger partial charge in [0.15, 0.2) is 0 Å². The lowest BCUT2D eigenvalue weighted by molar-refractivity contribution is -0.333. The van der Waals surface area contributed by atoms with E-state index in [4.69, 9.17) is 14.5 Å². The van der Waals surface area contributed by atoms with Gasteiger partial charge in [-0.3, -0.25) is 0 Å². The summed E-state index contributed by atoms with van der Waals surface area (Å²) in [5.41, 5.74) is 0. The fraction of sp³-hybridized carbons (Fsp3) is 1.00. The molecular weight excluding hydrogens is 544 g/mol. The minimum atomic E-state index is -0.812. The molecule has 0 aliphatic carbocycles. The molecule has 0 amide bonds. The number of aliphatic hydroxyl groups excluding tert-OH is 4. The highest BCUT2D eigenvalue weighted by molar-refractivity contribution is 4.66. The lowest BCUT2D eigenvalue weighted by Crippen LogP contribution is -2.26. The van der Waals surface area contributed by atoms with Crippen molar-refractivity contribution in [3.8, 4) is 0 Å². The van der Waals surface area contributed by atoms with E-state index in [-0.39, 0.29) is 32.0 Å². The average Bonchev–Trinajstić information content (AvgIpc) is 3.01. The van der Waals surface area contributed by atoms with Gasteiger partial charge in [0, 0.05) is 12.8 Å². The van der Waals surface area contributed by atoms with Gasteiger partial charge in [0.1, 0.15) is 6.61 Å². The van der Waals surface area contributed by atoms with E-state index in [1.54, 1.807) is 0 Å². The molecule has 4 unspecified atom stereocenters. The fourth-order valence-corrected chi connectivity index (χ4v) is 5.70. The van der Waals surface area contributed by atoms with Crippen molar-refractivity contribution in [2.24, 2.45) is 0 Å². The molecule has 0 aliphatic heterocycles. The first-order valence-corrected chi connectivity index (χ1v) is 18.5. The van der Waals surface area contributed by atoms with E-state index in [0.29, 0.717) is 19.4 Å². The molecule has 0 fully saturated rings. The van der Waals surface area contributed by atoms with Crippen LogP contribution >= 0.6 is 0 Å². The second-order valence-corrected chi connectivity index (χ2v) is 12.8. The number of unbranched alkanes of at least 4 members (excludes halogenated alkanes) is 20. The normalized spacial score (nSPS) is 14.7. The Morgan fingerprint density at radius 1 is 0.442 bits per heavy atom. The van der Waals surface area contributed by atoms with Crippen molar-refractivity contribution in [2.45, 2.75) is 205 Å². The molecule has 260 valence electrons. The Hall–Kier alpha value is -0.280. The molecule has 43 heavy (non-hydrogen) atoms. The van der Waals surface area contributed by atoms with Crippen LogP contribution in [0.15, 0.2) is 0 Å². The van der Waals surface area contributed by atoms with Crippen molar-refractivity contribution in [3.63, 3.8) is 0 Å². The molecule has 7 heteroatoms. The predicted molar refractivity (Wildman–Crippen MR) is 178 cm³/mol. The highest BCUT2D eigenvalue weighted by Crippen LogP contribution is 2.18. The van der Waals surface area contributed by atoms with Crippen LogP contribution in [0.1, 0.15) is 181 Å². The van der Waals surface area contributed by atoms with Gasteiger partial charge in [-0.25, -0.2) is 9.78 Å². The molecule has 7 nitrogen and oxygen atoms in total. The van der Waals surface area contributed by atoms with E-state index in [9.17, 15) is 20.4 Å². The Labute approximate surface area is 266 Å². The standard InChI is InChI=1S/C36H74O7/c1-3-5-7-9-11-13-15-17-19-21-23-25-35(29-33(39)31-37)41-27-28-42-43-36(30-34(40)32-38)26-24-22-20-18-16-14-12-10-8-6-4-2/h33-40H,3-32H2,1-2H3. The SMILES string of the molecule is CCCCCCCCCCCCCC(CC(O)CO)OCCOOC(CCCCCCCCCCCCC)CC(O)CO. The third kappa shape index (κ3) is 31.5.